The smallest absolute Gasteiger partial charge is 0.186 e. The molecule has 0 saturated carbocycles. The maximum absolute atomic E-state index is 13.4. The molecule has 1 atom stereocenters. The predicted molar refractivity (Wildman–Crippen MR) is 110 cm³/mol. The number of ketones is 1. The van der Waals surface area contributed by atoms with Crippen molar-refractivity contribution in [2.24, 2.45) is 0 Å². The zero-order valence-corrected chi connectivity index (χ0v) is 15.7. The third kappa shape index (κ3) is 4.12. The molecular formula is C23H27N3O. The molecule has 0 radical (unpaired) electrons. The van der Waals surface area contributed by atoms with Crippen LogP contribution in [0.2, 0.25) is 0 Å². The minimum Gasteiger partial charge on any atom is -0.360 e. The molecule has 4 heteroatoms. The molecule has 0 amide bonds. The molecule has 1 aromatic heterocycles. The molecule has 0 spiro atoms. The Morgan fingerprint density at radius 2 is 1.74 bits per heavy atom. The predicted octanol–water partition coefficient (Wildman–Crippen LogP) is 4.17. The zero-order chi connectivity index (χ0) is 18.5. The van der Waals surface area contributed by atoms with Crippen LogP contribution in [-0.2, 0) is 0 Å². The van der Waals surface area contributed by atoms with E-state index in [2.05, 4.69) is 15.2 Å². The summed E-state index contributed by atoms with van der Waals surface area (Å²) in [6.07, 6.45) is 5.76. The number of para-hydroxylation sites is 1. The Hall–Kier alpha value is -2.43. The van der Waals surface area contributed by atoms with Gasteiger partial charge in [-0.3, -0.25) is 4.79 Å². The van der Waals surface area contributed by atoms with Crippen molar-refractivity contribution in [2.45, 2.75) is 25.3 Å². The van der Waals surface area contributed by atoms with Crippen LogP contribution in [0.3, 0.4) is 0 Å². The number of hydrogen-bond acceptors (Lipinski definition) is 3. The number of rotatable bonds is 7. The van der Waals surface area contributed by atoms with Crippen LogP contribution in [0, 0.1) is 0 Å². The molecule has 0 bridgehead atoms. The lowest BCUT2D eigenvalue weighted by molar-refractivity contribution is 0.0941. The third-order valence-electron chi connectivity index (χ3n) is 5.47. The Balaban J connectivity index is 1.53. The normalized spacial score (nSPS) is 16.4. The van der Waals surface area contributed by atoms with Crippen molar-refractivity contribution in [3.63, 3.8) is 0 Å². The summed E-state index contributed by atoms with van der Waals surface area (Å²) in [5.41, 5.74) is 2.78. The molecular weight excluding hydrogens is 334 g/mol. The maximum atomic E-state index is 13.4. The van der Waals surface area contributed by atoms with Gasteiger partial charge in [-0.2, -0.15) is 0 Å². The molecule has 2 heterocycles. The summed E-state index contributed by atoms with van der Waals surface area (Å²) in [6, 6.07) is 17.7. The van der Waals surface area contributed by atoms with Crippen molar-refractivity contribution < 1.29 is 4.79 Å². The monoisotopic (exact) mass is 361 g/mol. The zero-order valence-electron chi connectivity index (χ0n) is 15.7. The van der Waals surface area contributed by atoms with E-state index in [9.17, 15) is 4.79 Å². The first kappa shape index (κ1) is 18.0. The number of aromatic nitrogens is 1. The van der Waals surface area contributed by atoms with Crippen LogP contribution in [0.5, 0.6) is 0 Å². The van der Waals surface area contributed by atoms with E-state index >= 15 is 0 Å². The number of nitrogens with zero attached hydrogens (tertiary/aromatic N) is 1. The lowest BCUT2D eigenvalue weighted by atomic mass is 9.97. The van der Waals surface area contributed by atoms with Crippen molar-refractivity contribution in [3.8, 4) is 0 Å². The van der Waals surface area contributed by atoms with Crippen molar-refractivity contribution in [1.29, 1.82) is 0 Å². The summed E-state index contributed by atoms with van der Waals surface area (Å²) in [5, 5.41) is 4.52. The highest BCUT2D eigenvalue weighted by Crippen LogP contribution is 2.24. The van der Waals surface area contributed by atoms with Gasteiger partial charge in [-0.1, -0.05) is 55.0 Å². The number of benzene rings is 2. The Kier molecular flexibility index (Phi) is 5.66. The van der Waals surface area contributed by atoms with E-state index in [1.54, 1.807) is 0 Å². The summed E-state index contributed by atoms with van der Waals surface area (Å²) < 4.78 is 0. The molecule has 1 aliphatic rings. The van der Waals surface area contributed by atoms with E-state index in [-0.39, 0.29) is 11.8 Å². The van der Waals surface area contributed by atoms with Gasteiger partial charge >= 0.3 is 0 Å². The average Bonchev–Trinajstić information content (AvgIpc) is 3.16. The molecule has 4 nitrogen and oxygen atoms in total. The number of nitrogens with one attached hydrogen (secondary N) is 2. The SMILES string of the molecule is O=C(c1c[nH]c2ccccc12)[C@@H](NCCN1CCCCC1)c1ccccc1. The highest BCUT2D eigenvalue weighted by atomic mass is 16.1. The first-order chi connectivity index (χ1) is 13.3. The Bertz CT molecular complexity index is 881. The van der Waals surface area contributed by atoms with Gasteiger partial charge < -0.3 is 15.2 Å². The number of hydrogen-bond donors (Lipinski definition) is 2. The molecule has 140 valence electrons. The van der Waals surface area contributed by atoms with Gasteiger partial charge in [0.05, 0.1) is 6.04 Å². The number of carbonyl (C=O) groups is 1. The second-order valence-corrected chi connectivity index (χ2v) is 7.31. The van der Waals surface area contributed by atoms with Crippen LogP contribution in [0.25, 0.3) is 10.9 Å². The van der Waals surface area contributed by atoms with E-state index in [0.717, 1.165) is 35.1 Å². The fraction of sp³-hybridized carbons (Fsp3) is 0.348. The van der Waals surface area contributed by atoms with E-state index in [1.807, 2.05) is 60.8 Å². The van der Waals surface area contributed by atoms with Crippen molar-refractivity contribution in [3.05, 3.63) is 71.9 Å². The van der Waals surface area contributed by atoms with Gasteiger partial charge in [0.15, 0.2) is 5.78 Å². The highest BCUT2D eigenvalue weighted by molar-refractivity contribution is 6.10. The maximum Gasteiger partial charge on any atom is 0.186 e. The molecule has 1 fully saturated rings. The largest absolute Gasteiger partial charge is 0.360 e. The molecule has 1 saturated heterocycles. The second kappa shape index (κ2) is 8.51. The van der Waals surface area contributed by atoms with Crippen molar-refractivity contribution >= 4 is 16.7 Å². The van der Waals surface area contributed by atoms with E-state index in [4.69, 9.17) is 0 Å². The van der Waals surface area contributed by atoms with Gasteiger partial charge in [0, 0.05) is 35.8 Å². The number of aromatic amines is 1. The first-order valence-corrected chi connectivity index (χ1v) is 9.94. The number of H-pyrrole nitrogens is 1. The van der Waals surface area contributed by atoms with Gasteiger partial charge in [0.2, 0.25) is 0 Å². The van der Waals surface area contributed by atoms with Crippen LogP contribution in [0.1, 0.15) is 41.2 Å². The molecule has 1 aliphatic heterocycles. The lowest BCUT2D eigenvalue weighted by Gasteiger charge is -2.27. The summed E-state index contributed by atoms with van der Waals surface area (Å²) >= 11 is 0. The summed E-state index contributed by atoms with van der Waals surface area (Å²) in [4.78, 5) is 19.1. The topological polar surface area (TPSA) is 48.1 Å². The first-order valence-electron chi connectivity index (χ1n) is 9.94. The molecule has 27 heavy (non-hydrogen) atoms. The Labute approximate surface area is 160 Å². The van der Waals surface area contributed by atoms with Gasteiger partial charge in [0.25, 0.3) is 0 Å². The van der Waals surface area contributed by atoms with Crippen LogP contribution in [0.4, 0.5) is 0 Å². The number of likely N-dealkylation sites (tertiary alicyclic amines) is 1. The van der Waals surface area contributed by atoms with Gasteiger partial charge in [0.1, 0.15) is 0 Å². The Morgan fingerprint density at radius 1 is 1.00 bits per heavy atom. The van der Waals surface area contributed by atoms with Crippen LogP contribution in [0.15, 0.2) is 60.8 Å². The van der Waals surface area contributed by atoms with Gasteiger partial charge in [-0.25, -0.2) is 0 Å². The molecule has 2 N–H and O–H groups in total. The fourth-order valence-electron chi connectivity index (χ4n) is 3.99. The molecule has 0 unspecified atom stereocenters. The van der Waals surface area contributed by atoms with E-state index in [1.165, 1.54) is 32.4 Å². The quantitative estimate of drug-likeness (QED) is 0.621. The standard InChI is InChI=1S/C23H27N3O/c27-23(20-17-25-21-12-6-5-11-19(20)21)22(18-9-3-1-4-10-18)24-13-16-26-14-7-2-8-15-26/h1,3-6,9-12,17,22,24-25H,2,7-8,13-16H2/t22-/m0/s1. The van der Waals surface area contributed by atoms with E-state index < -0.39 is 0 Å². The average molecular weight is 361 g/mol. The number of carbonyl (C=O) groups excluding carboxylic acids is 1. The second-order valence-electron chi connectivity index (χ2n) is 7.31. The van der Waals surface area contributed by atoms with Crippen molar-refractivity contribution in [2.75, 3.05) is 26.2 Å². The van der Waals surface area contributed by atoms with Crippen LogP contribution >= 0.6 is 0 Å². The van der Waals surface area contributed by atoms with Crippen LogP contribution < -0.4 is 5.32 Å². The summed E-state index contributed by atoms with van der Waals surface area (Å²) in [5.74, 6) is 0.122. The van der Waals surface area contributed by atoms with E-state index in [0.29, 0.717) is 0 Å². The number of Topliss-reactive ketones (excluding diaryl/α,β-unsaturated/α-hetero) is 1. The van der Waals surface area contributed by atoms with Crippen molar-refractivity contribution in [1.82, 2.24) is 15.2 Å². The minimum absolute atomic E-state index is 0.122. The summed E-state index contributed by atoms with van der Waals surface area (Å²) in [7, 11) is 0. The molecule has 0 aliphatic carbocycles. The van der Waals surface area contributed by atoms with Crippen LogP contribution in [-0.4, -0.2) is 41.8 Å². The summed E-state index contributed by atoms with van der Waals surface area (Å²) in [6.45, 7) is 4.15. The molecule has 4 rings (SSSR count). The highest BCUT2D eigenvalue weighted by Gasteiger charge is 2.24. The third-order valence-corrected chi connectivity index (χ3v) is 5.47. The molecule has 3 aromatic rings. The van der Waals surface area contributed by atoms with Gasteiger partial charge in [-0.15, -0.1) is 0 Å². The number of piperidine rings is 1. The fourth-order valence-corrected chi connectivity index (χ4v) is 3.99. The lowest BCUT2D eigenvalue weighted by Crippen LogP contribution is -2.38. The number of fused-ring (bicyclic) bond motifs is 1. The Morgan fingerprint density at radius 3 is 2.56 bits per heavy atom. The molecule has 2 aromatic carbocycles. The minimum atomic E-state index is -0.324. The van der Waals surface area contributed by atoms with Gasteiger partial charge in [-0.05, 0) is 37.6 Å².